The number of nitrogens with one attached hydrogen (secondary N) is 1. The number of anilines is 2. The number of halogens is 3. The number of carbonyl (C=O) groups is 1. The molecule has 1 N–H and O–H groups in total. The van der Waals surface area contributed by atoms with E-state index in [0.29, 0.717) is 27.8 Å². The van der Waals surface area contributed by atoms with Crippen LogP contribution in [0, 0.1) is 40.2 Å². The van der Waals surface area contributed by atoms with Gasteiger partial charge in [-0.15, -0.1) is 0 Å². The Bertz CT molecular complexity index is 1470. The molecule has 3 aromatic carbocycles. The molecule has 38 heavy (non-hydrogen) atoms. The van der Waals surface area contributed by atoms with Gasteiger partial charge in [-0.3, -0.25) is 4.79 Å². The number of hydrogen-bond acceptors (Lipinski definition) is 6. The topological polar surface area (TPSA) is 80.6 Å². The van der Waals surface area contributed by atoms with Gasteiger partial charge in [0.25, 0.3) is 0 Å². The highest BCUT2D eigenvalue weighted by molar-refractivity contribution is 6.48. The highest BCUT2D eigenvalue weighted by Gasteiger charge is 2.62. The Balaban J connectivity index is 1.30. The van der Waals surface area contributed by atoms with Gasteiger partial charge in [-0.1, -0.05) is 37.6 Å². The van der Waals surface area contributed by atoms with E-state index in [1.807, 2.05) is 32.1 Å². The number of nitriles is 1. The Labute approximate surface area is 223 Å². The number of hydrogen-bond donors (Lipinski definition) is 1. The second-order valence-electron chi connectivity index (χ2n) is 9.72. The maximum Gasteiger partial charge on any atom is 0.311 e. The van der Waals surface area contributed by atoms with Gasteiger partial charge in [-0.2, -0.15) is 5.26 Å². The van der Waals surface area contributed by atoms with Crippen LogP contribution >= 0.6 is 11.6 Å². The molecule has 3 unspecified atom stereocenters. The predicted octanol–water partition coefficient (Wildman–Crippen LogP) is 7.10. The molecular weight excluding hydrogens is 514 g/mol. The molecule has 0 aromatic heterocycles. The Morgan fingerprint density at radius 1 is 1.13 bits per heavy atom. The van der Waals surface area contributed by atoms with Gasteiger partial charge < -0.3 is 19.5 Å². The lowest BCUT2D eigenvalue weighted by atomic mass is 10.1. The lowest BCUT2D eigenvalue weighted by Crippen LogP contribution is -2.15. The Morgan fingerprint density at radius 2 is 1.87 bits per heavy atom. The molecule has 1 saturated carbocycles. The number of rotatable bonds is 7. The fourth-order valence-corrected chi connectivity index (χ4v) is 4.84. The second kappa shape index (κ2) is 9.99. The van der Waals surface area contributed by atoms with Crippen molar-refractivity contribution in [3.63, 3.8) is 0 Å². The number of fused-ring (bicyclic) bond motifs is 1. The van der Waals surface area contributed by atoms with Crippen LogP contribution in [-0.2, 0) is 9.53 Å². The summed E-state index contributed by atoms with van der Waals surface area (Å²) in [5.74, 6) is -1.03. The first-order chi connectivity index (χ1) is 18.2. The standard InChI is InChI=1S/C29H23ClF2N2O4/c1-29(2)20(13-21(30)16-4-10-24-25(12-16)37-15-36-24)27(29)28(35)38-26(14-33)17-3-9-22(32)23(11-17)34-19-7-5-18(31)6-8-19/h3-13,20,26-27,34H,15H2,1-2H3. The van der Waals surface area contributed by atoms with Crippen molar-refractivity contribution in [3.8, 4) is 17.6 Å². The van der Waals surface area contributed by atoms with Crippen LogP contribution in [0.4, 0.5) is 20.2 Å². The number of benzene rings is 3. The number of nitrogens with zero attached hydrogens (tertiary/aromatic N) is 1. The van der Waals surface area contributed by atoms with Crippen molar-refractivity contribution in [2.45, 2.75) is 20.0 Å². The van der Waals surface area contributed by atoms with Crippen molar-refractivity contribution in [2.75, 3.05) is 12.1 Å². The van der Waals surface area contributed by atoms with E-state index in [1.54, 1.807) is 12.1 Å². The number of allylic oxidation sites excluding steroid dienone is 1. The Hall–Kier alpha value is -4.09. The van der Waals surface area contributed by atoms with Crippen LogP contribution in [0.15, 0.2) is 66.7 Å². The first-order valence-electron chi connectivity index (χ1n) is 11.9. The van der Waals surface area contributed by atoms with Crippen LogP contribution in [0.1, 0.15) is 31.1 Å². The zero-order valence-corrected chi connectivity index (χ0v) is 21.3. The van der Waals surface area contributed by atoms with Crippen LogP contribution in [-0.4, -0.2) is 12.8 Å². The molecule has 0 bridgehead atoms. The van der Waals surface area contributed by atoms with Gasteiger partial charge in [0.1, 0.15) is 17.7 Å². The fourth-order valence-electron chi connectivity index (χ4n) is 4.59. The SMILES string of the molecule is CC1(C)C(C=C(Cl)c2ccc3c(c2)OCO3)C1C(=O)OC(C#N)c1ccc(F)c(Nc2ccc(F)cc2)c1. The molecule has 1 aliphatic heterocycles. The van der Waals surface area contributed by atoms with Gasteiger partial charge >= 0.3 is 5.97 Å². The van der Waals surface area contributed by atoms with E-state index in [-0.39, 0.29) is 18.4 Å². The quantitative estimate of drug-likeness (QED) is 0.324. The van der Waals surface area contributed by atoms with Crippen molar-refractivity contribution >= 4 is 34.0 Å². The molecule has 3 aromatic rings. The van der Waals surface area contributed by atoms with Gasteiger partial charge in [0.05, 0.1) is 11.6 Å². The van der Waals surface area contributed by atoms with Crippen LogP contribution in [0.2, 0.25) is 0 Å². The Morgan fingerprint density at radius 3 is 2.61 bits per heavy atom. The lowest BCUT2D eigenvalue weighted by molar-refractivity contribution is -0.149. The van der Waals surface area contributed by atoms with Crippen molar-refractivity contribution in [2.24, 2.45) is 17.3 Å². The van der Waals surface area contributed by atoms with Gasteiger partial charge in [0.2, 0.25) is 12.9 Å². The first kappa shape index (κ1) is 25.6. The van der Waals surface area contributed by atoms with E-state index in [2.05, 4.69) is 5.32 Å². The van der Waals surface area contributed by atoms with E-state index in [9.17, 15) is 18.8 Å². The number of carbonyl (C=O) groups excluding carboxylic acids is 1. The minimum atomic E-state index is -1.25. The maximum absolute atomic E-state index is 14.4. The number of esters is 1. The number of ether oxygens (including phenoxy) is 3. The second-order valence-corrected chi connectivity index (χ2v) is 10.1. The predicted molar refractivity (Wildman–Crippen MR) is 138 cm³/mol. The van der Waals surface area contributed by atoms with E-state index < -0.39 is 35.0 Å². The largest absolute Gasteiger partial charge is 0.454 e. The van der Waals surface area contributed by atoms with Gasteiger partial charge in [0.15, 0.2) is 11.5 Å². The molecular formula is C29H23ClF2N2O4. The zero-order chi connectivity index (χ0) is 27.0. The molecule has 1 fully saturated rings. The summed E-state index contributed by atoms with van der Waals surface area (Å²) >= 11 is 6.57. The monoisotopic (exact) mass is 536 g/mol. The van der Waals surface area contributed by atoms with Gasteiger partial charge in [-0.25, -0.2) is 8.78 Å². The van der Waals surface area contributed by atoms with Crippen LogP contribution in [0.25, 0.3) is 5.03 Å². The average molecular weight is 537 g/mol. The van der Waals surface area contributed by atoms with E-state index in [4.69, 9.17) is 25.8 Å². The molecule has 1 heterocycles. The summed E-state index contributed by atoms with van der Waals surface area (Å²) < 4.78 is 43.9. The summed E-state index contributed by atoms with van der Waals surface area (Å²) in [5, 5.41) is 13.1. The first-order valence-corrected chi connectivity index (χ1v) is 12.2. The minimum absolute atomic E-state index is 0.0634. The summed E-state index contributed by atoms with van der Waals surface area (Å²) in [6.45, 7) is 4.00. The van der Waals surface area contributed by atoms with Crippen LogP contribution < -0.4 is 14.8 Å². The molecule has 194 valence electrons. The van der Waals surface area contributed by atoms with Crippen LogP contribution in [0.3, 0.4) is 0 Å². The highest BCUT2D eigenvalue weighted by Crippen LogP contribution is 2.60. The smallest absolute Gasteiger partial charge is 0.311 e. The summed E-state index contributed by atoms with van der Waals surface area (Å²) in [6.07, 6.45) is 0.567. The van der Waals surface area contributed by atoms with E-state index in [1.165, 1.54) is 42.5 Å². The minimum Gasteiger partial charge on any atom is -0.454 e. The maximum atomic E-state index is 14.4. The molecule has 0 spiro atoms. The molecule has 0 radical (unpaired) electrons. The third-order valence-corrected chi connectivity index (χ3v) is 7.25. The Kier molecular flexibility index (Phi) is 6.72. The summed E-state index contributed by atoms with van der Waals surface area (Å²) in [7, 11) is 0. The molecule has 2 aliphatic rings. The average Bonchev–Trinajstić information content (AvgIpc) is 3.21. The molecule has 0 saturated heterocycles. The molecule has 3 atom stereocenters. The van der Waals surface area contributed by atoms with Gasteiger partial charge in [-0.05, 0) is 71.5 Å². The normalized spacial score (nSPS) is 19.8. The highest BCUT2D eigenvalue weighted by atomic mass is 35.5. The van der Waals surface area contributed by atoms with Crippen molar-refractivity contribution in [3.05, 3.63) is 89.5 Å². The summed E-state index contributed by atoms with van der Waals surface area (Å²) in [6, 6.07) is 16.7. The summed E-state index contributed by atoms with van der Waals surface area (Å²) in [5.41, 5.74) is 1.12. The summed E-state index contributed by atoms with van der Waals surface area (Å²) in [4.78, 5) is 13.1. The molecule has 5 rings (SSSR count). The van der Waals surface area contributed by atoms with E-state index >= 15 is 0 Å². The third-order valence-electron chi connectivity index (χ3n) is 6.91. The zero-order valence-electron chi connectivity index (χ0n) is 20.5. The molecule has 6 nitrogen and oxygen atoms in total. The molecule has 1 aliphatic carbocycles. The molecule has 0 amide bonds. The van der Waals surface area contributed by atoms with Crippen LogP contribution in [0.5, 0.6) is 11.5 Å². The fraction of sp³-hybridized carbons (Fsp3) is 0.241. The lowest BCUT2D eigenvalue weighted by Gasteiger charge is -2.14. The third kappa shape index (κ3) is 5.02. The van der Waals surface area contributed by atoms with Crippen molar-refractivity contribution in [1.29, 1.82) is 5.26 Å². The van der Waals surface area contributed by atoms with Crippen molar-refractivity contribution < 1.29 is 27.8 Å². The van der Waals surface area contributed by atoms with E-state index in [0.717, 1.165) is 5.56 Å². The van der Waals surface area contributed by atoms with Gasteiger partial charge in [0, 0.05) is 16.3 Å². The van der Waals surface area contributed by atoms with Crippen molar-refractivity contribution in [1.82, 2.24) is 0 Å². The molecule has 9 heteroatoms.